The highest BCUT2D eigenvalue weighted by Gasteiger charge is 1.92. The van der Waals surface area contributed by atoms with Gasteiger partial charge in [-0.2, -0.15) is 0 Å². The van der Waals surface area contributed by atoms with Crippen molar-refractivity contribution in [2.24, 2.45) is 0 Å². The van der Waals surface area contributed by atoms with Crippen LogP contribution in [0.4, 0.5) is 0 Å². The summed E-state index contributed by atoms with van der Waals surface area (Å²) >= 11 is 0. The molecule has 0 amide bonds. The van der Waals surface area contributed by atoms with Gasteiger partial charge >= 0.3 is 0 Å². The molecule has 0 aliphatic heterocycles. The summed E-state index contributed by atoms with van der Waals surface area (Å²) in [7, 11) is 0. The summed E-state index contributed by atoms with van der Waals surface area (Å²) in [5.74, 6) is 0. The van der Waals surface area contributed by atoms with Gasteiger partial charge in [0.15, 0.2) is 0 Å². The molecule has 0 fully saturated rings. The Labute approximate surface area is 46.9 Å². The van der Waals surface area contributed by atoms with E-state index in [1.54, 1.807) is 5.29 Å². The maximum absolute atomic E-state index is 2.34. The molecular formula is C6H15P. The predicted molar refractivity (Wildman–Crippen MR) is 41.0 cm³/mol. The van der Waals surface area contributed by atoms with Gasteiger partial charge in [0.05, 0.1) is 0 Å². The van der Waals surface area contributed by atoms with Crippen molar-refractivity contribution in [3.63, 3.8) is 0 Å². The van der Waals surface area contributed by atoms with Crippen molar-refractivity contribution in [1.82, 2.24) is 0 Å². The minimum atomic E-state index is -0.571. The molecule has 44 valence electrons. The second kappa shape index (κ2) is 2.05. The summed E-state index contributed by atoms with van der Waals surface area (Å²) in [5, 5.41) is 1.60. The van der Waals surface area contributed by atoms with E-state index in [9.17, 15) is 0 Å². The zero-order valence-electron chi connectivity index (χ0n) is 5.95. The highest BCUT2D eigenvalue weighted by molar-refractivity contribution is 7.74. The summed E-state index contributed by atoms with van der Waals surface area (Å²) in [5.41, 5.74) is 0. The molecule has 0 aliphatic rings. The van der Waals surface area contributed by atoms with Crippen molar-refractivity contribution >= 4 is 12.2 Å². The lowest BCUT2D eigenvalue weighted by atomic mass is 10.6. The molecule has 0 saturated heterocycles. The van der Waals surface area contributed by atoms with Crippen LogP contribution in [0.3, 0.4) is 0 Å². The molecule has 0 radical (unpaired) electrons. The maximum Gasteiger partial charge on any atom is -0.0438 e. The first-order valence-corrected chi connectivity index (χ1v) is 5.70. The van der Waals surface area contributed by atoms with E-state index in [0.29, 0.717) is 0 Å². The van der Waals surface area contributed by atoms with Gasteiger partial charge in [0.25, 0.3) is 0 Å². The van der Waals surface area contributed by atoms with Crippen molar-refractivity contribution in [1.29, 1.82) is 0 Å². The van der Waals surface area contributed by atoms with E-state index in [1.807, 2.05) is 0 Å². The van der Waals surface area contributed by atoms with Crippen molar-refractivity contribution in [2.45, 2.75) is 13.8 Å². The first-order chi connectivity index (χ1) is 2.94. The van der Waals surface area contributed by atoms with E-state index in [2.05, 4.69) is 33.8 Å². The van der Waals surface area contributed by atoms with Crippen molar-refractivity contribution < 1.29 is 0 Å². The van der Waals surface area contributed by atoms with Crippen molar-refractivity contribution in [2.75, 3.05) is 20.0 Å². The Kier molecular flexibility index (Phi) is 2.13. The van der Waals surface area contributed by atoms with Crippen LogP contribution < -0.4 is 0 Å². The second-order valence-corrected chi connectivity index (χ2v) is 7.88. The Morgan fingerprint density at radius 1 is 1.00 bits per heavy atom. The summed E-state index contributed by atoms with van der Waals surface area (Å²) in [6, 6.07) is 0. The van der Waals surface area contributed by atoms with Crippen LogP contribution in [-0.2, 0) is 0 Å². The average Bonchev–Trinajstić information content (AvgIpc) is 1.31. The third kappa shape index (κ3) is 2.93. The normalized spacial score (nSPS) is 11.6. The molecule has 0 heterocycles. The fourth-order valence-corrected chi connectivity index (χ4v) is 0. The van der Waals surface area contributed by atoms with E-state index < -0.39 is 6.89 Å². The van der Waals surface area contributed by atoms with Gasteiger partial charge in [-0.1, -0.05) is 5.29 Å². The quantitative estimate of drug-likeness (QED) is 0.427. The molecule has 0 aromatic heterocycles. The summed E-state index contributed by atoms with van der Waals surface area (Å²) in [4.78, 5) is 0. The van der Waals surface area contributed by atoms with Crippen LogP contribution >= 0.6 is 6.89 Å². The van der Waals surface area contributed by atoms with Crippen LogP contribution in [0.5, 0.6) is 0 Å². The molecule has 0 spiro atoms. The molecular weight excluding hydrogens is 103 g/mol. The fraction of sp³-hybridized carbons (Fsp3) is 0.833. The van der Waals surface area contributed by atoms with E-state index in [4.69, 9.17) is 0 Å². The molecule has 0 aromatic rings. The first-order valence-electron chi connectivity index (χ1n) is 2.57. The summed E-state index contributed by atoms with van der Waals surface area (Å²) < 4.78 is 0. The Balaban J connectivity index is 4.28. The largest absolute Gasteiger partial charge is 0.115 e. The molecule has 0 bridgehead atoms. The molecule has 1 heteroatoms. The lowest BCUT2D eigenvalue weighted by Crippen LogP contribution is -1.85. The molecule has 0 atom stereocenters. The van der Waals surface area contributed by atoms with Gasteiger partial charge in [0, 0.05) is 0 Å². The van der Waals surface area contributed by atoms with Crippen LogP contribution in [0.1, 0.15) is 13.8 Å². The molecule has 0 rings (SSSR count). The Bertz CT molecular complexity index is 93.1. The van der Waals surface area contributed by atoms with Gasteiger partial charge < -0.3 is 0 Å². The number of rotatable bonds is 0. The predicted octanol–water partition coefficient (Wildman–Crippen LogP) is 2.11. The Morgan fingerprint density at radius 2 is 1.14 bits per heavy atom. The van der Waals surface area contributed by atoms with Gasteiger partial charge in [-0.3, -0.25) is 0 Å². The summed E-state index contributed by atoms with van der Waals surface area (Å²) in [6.07, 6.45) is 0. The second-order valence-electron chi connectivity index (χ2n) is 2.96. The third-order valence-corrected chi connectivity index (χ3v) is 4.02. The lowest BCUT2D eigenvalue weighted by molar-refractivity contribution is 1.82. The Hall–Kier alpha value is 0.300. The van der Waals surface area contributed by atoms with Crippen LogP contribution in [0.15, 0.2) is 0 Å². The smallest absolute Gasteiger partial charge is 0.0438 e. The van der Waals surface area contributed by atoms with Crippen LogP contribution in [0.25, 0.3) is 0 Å². The van der Waals surface area contributed by atoms with Gasteiger partial charge in [-0.25, -0.2) is 0 Å². The first kappa shape index (κ1) is 7.30. The monoisotopic (exact) mass is 118 g/mol. The van der Waals surface area contributed by atoms with Gasteiger partial charge in [0.2, 0.25) is 0 Å². The van der Waals surface area contributed by atoms with E-state index in [0.717, 1.165) is 0 Å². The standard InChI is InChI=1S/C6H15P/c1-6(2)7(3,4)5/h1-5H3. The topological polar surface area (TPSA) is 0 Å². The fourth-order valence-electron chi connectivity index (χ4n) is 0. The van der Waals surface area contributed by atoms with E-state index in [-0.39, 0.29) is 0 Å². The minimum Gasteiger partial charge on any atom is -0.115 e. The molecule has 0 N–H and O–H groups in total. The van der Waals surface area contributed by atoms with Crippen molar-refractivity contribution in [3.05, 3.63) is 0 Å². The molecule has 0 aliphatic carbocycles. The van der Waals surface area contributed by atoms with E-state index >= 15 is 0 Å². The zero-order valence-corrected chi connectivity index (χ0v) is 6.84. The highest BCUT2D eigenvalue weighted by Crippen LogP contribution is 2.34. The van der Waals surface area contributed by atoms with Gasteiger partial charge in [-0.15, -0.1) is 6.89 Å². The minimum absolute atomic E-state index is 0.571. The molecule has 0 nitrogen and oxygen atoms in total. The van der Waals surface area contributed by atoms with Crippen LogP contribution in [-0.4, -0.2) is 25.3 Å². The van der Waals surface area contributed by atoms with Crippen LogP contribution in [0, 0.1) is 0 Å². The SMILES string of the molecule is CC(C)=P(C)(C)C. The van der Waals surface area contributed by atoms with Crippen molar-refractivity contribution in [3.8, 4) is 0 Å². The molecule has 0 saturated carbocycles. The number of hydrogen-bond donors (Lipinski definition) is 0. The van der Waals surface area contributed by atoms with Gasteiger partial charge in [-0.05, 0) is 33.8 Å². The molecule has 7 heavy (non-hydrogen) atoms. The van der Waals surface area contributed by atoms with Crippen LogP contribution in [0.2, 0.25) is 0 Å². The molecule has 0 unspecified atom stereocenters. The maximum atomic E-state index is 2.34. The average molecular weight is 118 g/mol. The zero-order chi connectivity index (χ0) is 6.08. The summed E-state index contributed by atoms with van der Waals surface area (Å²) in [6.45, 7) is 10.9. The van der Waals surface area contributed by atoms with E-state index in [1.165, 1.54) is 0 Å². The molecule has 0 aromatic carbocycles. The van der Waals surface area contributed by atoms with Gasteiger partial charge in [0.1, 0.15) is 0 Å². The Morgan fingerprint density at radius 3 is 1.14 bits per heavy atom. The highest BCUT2D eigenvalue weighted by atomic mass is 31.2. The lowest BCUT2D eigenvalue weighted by Gasteiger charge is -2.08. The number of hydrogen-bond acceptors (Lipinski definition) is 0. The third-order valence-electron chi connectivity index (χ3n) is 1.34.